The van der Waals surface area contributed by atoms with Crippen molar-refractivity contribution in [2.75, 3.05) is 0 Å². The summed E-state index contributed by atoms with van der Waals surface area (Å²) in [7, 11) is 0. The predicted molar refractivity (Wildman–Crippen MR) is 41.9 cm³/mol. The minimum absolute atomic E-state index is 0.134. The van der Waals surface area contributed by atoms with E-state index < -0.39 is 0 Å². The lowest BCUT2D eigenvalue weighted by Crippen LogP contribution is -2.27. The maximum Gasteiger partial charge on any atom is 0.258 e. The molecule has 60 valence electrons. The summed E-state index contributed by atoms with van der Waals surface area (Å²) in [5, 5.41) is 11.7. The number of pyridine rings is 1. The third-order valence-corrected chi connectivity index (χ3v) is 1.56. The summed E-state index contributed by atoms with van der Waals surface area (Å²) in [5.41, 5.74) is 0.134. The van der Waals surface area contributed by atoms with Gasteiger partial charge in [0.05, 0.1) is 4.91 Å². The molecule has 5 heteroatoms. The molecule has 0 spiro atoms. The van der Waals surface area contributed by atoms with E-state index in [4.69, 9.17) is 0 Å². The number of hydrogen-bond donors (Lipinski definition) is 0. The van der Waals surface area contributed by atoms with Gasteiger partial charge in [-0.05, 0) is 12.1 Å². The van der Waals surface area contributed by atoms with Crippen LogP contribution in [0.15, 0.2) is 30.6 Å². The van der Waals surface area contributed by atoms with Crippen molar-refractivity contribution in [1.29, 1.82) is 0 Å². The lowest BCUT2D eigenvalue weighted by Gasteiger charge is -2.01. The van der Waals surface area contributed by atoms with Crippen LogP contribution in [0, 0.1) is 10.1 Å². The fourth-order valence-corrected chi connectivity index (χ4v) is 0.997. The highest BCUT2D eigenvalue weighted by atomic mass is 16.5. The van der Waals surface area contributed by atoms with Crippen LogP contribution in [0.5, 0.6) is 0 Å². The van der Waals surface area contributed by atoms with Crippen LogP contribution in [0.3, 0.4) is 0 Å². The molecule has 0 radical (unpaired) electrons. The highest BCUT2D eigenvalue weighted by Gasteiger charge is 2.00. The number of aromatic nitrogens is 3. The van der Waals surface area contributed by atoms with Gasteiger partial charge in [-0.3, -0.25) is 0 Å². The van der Waals surface area contributed by atoms with Gasteiger partial charge >= 0.3 is 0 Å². The van der Waals surface area contributed by atoms with Crippen LogP contribution in [0.1, 0.15) is 0 Å². The molecular formula is C7H5N3O2. The molecule has 0 N–H and O–H groups in total. The second kappa shape index (κ2) is 2.30. The van der Waals surface area contributed by atoms with Crippen LogP contribution in [-0.4, -0.2) is 9.83 Å². The summed E-state index contributed by atoms with van der Waals surface area (Å²) in [6.45, 7) is 0. The van der Waals surface area contributed by atoms with Crippen LogP contribution in [0.25, 0.3) is 11.0 Å². The number of hydrogen-bond acceptors (Lipinski definition) is 3. The summed E-state index contributed by atoms with van der Waals surface area (Å²) in [4.78, 5) is 14.7. The normalized spacial score (nSPS) is 10.3. The number of nitrogens with zero attached hydrogens (tertiary/aromatic N) is 3. The molecule has 0 fully saturated rings. The van der Waals surface area contributed by atoms with Crippen molar-refractivity contribution < 1.29 is 4.54 Å². The van der Waals surface area contributed by atoms with E-state index >= 15 is 0 Å². The first-order valence-corrected chi connectivity index (χ1v) is 3.36. The second-order valence-corrected chi connectivity index (χ2v) is 2.31. The second-order valence-electron chi connectivity index (χ2n) is 2.31. The molecule has 0 unspecified atom stereocenters. The zero-order chi connectivity index (χ0) is 8.55. The maximum absolute atomic E-state index is 11.0. The van der Waals surface area contributed by atoms with Gasteiger partial charge in [0.1, 0.15) is 0 Å². The van der Waals surface area contributed by atoms with Gasteiger partial charge in [-0.25, -0.2) is 4.98 Å². The molecule has 0 bridgehead atoms. The zero-order valence-electron chi connectivity index (χ0n) is 6.04. The van der Waals surface area contributed by atoms with Gasteiger partial charge in [0.2, 0.25) is 0 Å². The molecule has 2 aromatic heterocycles. The Morgan fingerprint density at radius 3 is 3.17 bits per heavy atom. The first-order chi connectivity index (χ1) is 5.79. The Labute approximate surface area is 67.1 Å². The van der Waals surface area contributed by atoms with Gasteiger partial charge < -0.3 is 5.21 Å². The summed E-state index contributed by atoms with van der Waals surface area (Å²) >= 11 is 0. The number of rotatable bonds is 0. The van der Waals surface area contributed by atoms with Crippen molar-refractivity contribution in [3.63, 3.8) is 0 Å². The average molecular weight is 163 g/mol. The van der Waals surface area contributed by atoms with E-state index in [-0.39, 0.29) is 15.0 Å². The van der Waals surface area contributed by atoms with E-state index in [0.29, 0.717) is 5.39 Å². The molecule has 0 atom stereocenters. The van der Waals surface area contributed by atoms with Crippen LogP contribution < -0.4 is 4.54 Å². The van der Waals surface area contributed by atoms with E-state index in [1.54, 1.807) is 18.2 Å². The Hall–Kier alpha value is -1.91. The van der Waals surface area contributed by atoms with Crippen molar-refractivity contribution in [3.8, 4) is 0 Å². The third kappa shape index (κ3) is 0.833. The fourth-order valence-electron chi connectivity index (χ4n) is 0.997. The monoisotopic (exact) mass is 163 g/mol. The van der Waals surface area contributed by atoms with Crippen LogP contribution in [-0.2, 0) is 0 Å². The smallest absolute Gasteiger partial charge is 0.258 e. The summed E-state index contributed by atoms with van der Waals surface area (Å²) in [6, 6.07) is 4.97. The third-order valence-electron chi connectivity index (χ3n) is 1.56. The highest BCUT2D eigenvalue weighted by molar-refractivity contribution is 5.73. The Kier molecular flexibility index (Phi) is 1.30. The molecule has 0 saturated carbocycles. The van der Waals surface area contributed by atoms with Gasteiger partial charge in [-0.2, -0.15) is 0 Å². The summed E-state index contributed by atoms with van der Waals surface area (Å²) in [6.07, 6.45) is 2.62. The molecule has 2 aromatic rings. The quantitative estimate of drug-likeness (QED) is 0.524. The Balaban J connectivity index is 3.01. The average Bonchev–Trinajstić information content (AvgIpc) is 2.12. The zero-order valence-corrected chi connectivity index (χ0v) is 6.04. The van der Waals surface area contributed by atoms with Crippen LogP contribution in [0.4, 0.5) is 0 Å². The van der Waals surface area contributed by atoms with Gasteiger partial charge in [-0.15, -0.1) is 0 Å². The van der Waals surface area contributed by atoms with Gasteiger partial charge in [0, 0.05) is 17.6 Å². The highest BCUT2D eigenvalue weighted by Crippen LogP contribution is 2.04. The first kappa shape index (κ1) is 6.78. The molecule has 0 aliphatic rings. The van der Waals surface area contributed by atoms with Crippen molar-refractivity contribution in [1.82, 2.24) is 9.83 Å². The standard InChI is InChI=1S/C7H5N3O2/c11-9-5-3-6-2-1-4-8-7(6)10(9)12/h1-5H. The van der Waals surface area contributed by atoms with E-state index in [0.717, 1.165) is 6.20 Å². The fraction of sp³-hybridized carbons (Fsp3) is 0. The van der Waals surface area contributed by atoms with Gasteiger partial charge in [0.25, 0.3) is 6.20 Å². The van der Waals surface area contributed by atoms with E-state index in [2.05, 4.69) is 4.98 Å². The first-order valence-electron chi connectivity index (χ1n) is 3.36. The minimum atomic E-state index is 0.134. The molecule has 0 aliphatic heterocycles. The number of fused-ring (bicyclic) bond motifs is 1. The van der Waals surface area contributed by atoms with Crippen molar-refractivity contribution >= 4 is 11.0 Å². The molecule has 5 nitrogen and oxygen atoms in total. The summed E-state index contributed by atoms with van der Waals surface area (Å²) < 4.78 is 0.190. The topological polar surface area (TPSA) is 63.8 Å². The minimum Gasteiger partial charge on any atom is -0.754 e. The van der Waals surface area contributed by atoms with Crippen molar-refractivity contribution in [2.45, 2.75) is 0 Å². The lowest BCUT2D eigenvalue weighted by molar-refractivity contribution is -0.584. The molecule has 0 aromatic carbocycles. The van der Waals surface area contributed by atoms with E-state index in [1.165, 1.54) is 6.20 Å². The maximum atomic E-state index is 11.0. The Morgan fingerprint density at radius 1 is 1.50 bits per heavy atom. The molecule has 2 rings (SSSR count). The molecular weight excluding hydrogens is 158 g/mol. The molecule has 0 saturated heterocycles. The van der Waals surface area contributed by atoms with Crippen LogP contribution >= 0.6 is 0 Å². The van der Waals surface area contributed by atoms with E-state index in [9.17, 15) is 10.1 Å². The van der Waals surface area contributed by atoms with Gasteiger partial charge in [0.15, 0.2) is 10.2 Å². The molecule has 0 amide bonds. The van der Waals surface area contributed by atoms with Crippen molar-refractivity contribution in [2.24, 2.45) is 0 Å². The van der Waals surface area contributed by atoms with Crippen LogP contribution in [0.2, 0.25) is 0 Å². The predicted octanol–water partition coefficient (Wildman–Crippen LogP) is 0.297. The van der Waals surface area contributed by atoms with Crippen molar-refractivity contribution in [3.05, 3.63) is 40.7 Å². The molecule has 0 aliphatic carbocycles. The molecule has 12 heavy (non-hydrogen) atoms. The molecule has 2 heterocycles. The SMILES string of the molecule is O=[n+]1ccc2cccnc2n1[O-]. The Bertz CT molecular complexity index is 477. The Morgan fingerprint density at radius 2 is 2.33 bits per heavy atom. The van der Waals surface area contributed by atoms with Gasteiger partial charge in [-0.1, -0.05) is 4.85 Å². The lowest BCUT2D eigenvalue weighted by atomic mass is 10.3. The summed E-state index contributed by atoms with van der Waals surface area (Å²) in [5.74, 6) is 0. The largest absolute Gasteiger partial charge is 0.754 e. The van der Waals surface area contributed by atoms with E-state index in [1.807, 2.05) is 0 Å².